The van der Waals surface area contributed by atoms with Crippen LogP contribution < -0.4 is 14.2 Å². The Hall–Kier alpha value is -2.58. The molecule has 0 unspecified atom stereocenters. The summed E-state index contributed by atoms with van der Waals surface area (Å²) >= 11 is 0. The van der Waals surface area contributed by atoms with Gasteiger partial charge >= 0.3 is 5.97 Å². The van der Waals surface area contributed by atoms with Crippen molar-refractivity contribution in [2.24, 2.45) is 0 Å². The minimum Gasteiger partial charge on any atom is -0.497 e. The van der Waals surface area contributed by atoms with Gasteiger partial charge in [-0.1, -0.05) is 0 Å². The molecular weight excluding hydrogens is 370 g/mol. The van der Waals surface area contributed by atoms with Crippen LogP contribution in [-0.2, 0) is 14.8 Å². The van der Waals surface area contributed by atoms with Gasteiger partial charge < -0.3 is 14.2 Å². The number of carbonyl (C=O) groups excluding carboxylic acids is 1. The van der Waals surface area contributed by atoms with Gasteiger partial charge in [0.2, 0.25) is 10.0 Å². The third-order valence-corrected chi connectivity index (χ3v) is 5.47. The maximum absolute atomic E-state index is 12.7. The van der Waals surface area contributed by atoms with E-state index in [0.29, 0.717) is 22.6 Å². The second-order valence-corrected chi connectivity index (χ2v) is 7.41. The Morgan fingerprint density at radius 2 is 1.74 bits per heavy atom. The average Bonchev–Trinajstić information content (AvgIpc) is 2.67. The largest absolute Gasteiger partial charge is 0.497 e. The molecule has 0 aliphatic carbocycles. The number of carbonyl (C=O) groups is 1. The molecule has 146 valence electrons. The number of nitrogens with one attached hydrogen (secondary N) is 1. The minimum absolute atomic E-state index is 0.0456. The van der Waals surface area contributed by atoms with Crippen LogP contribution in [0.1, 0.15) is 35.8 Å². The third kappa shape index (κ3) is 4.99. The van der Waals surface area contributed by atoms with E-state index >= 15 is 0 Å². The number of hydrogen-bond donors (Lipinski definition) is 1. The van der Waals surface area contributed by atoms with E-state index in [2.05, 4.69) is 4.72 Å². The third-order valence-electron chi connectivity index (χ3n) is 3.91. The summed E-state index contributed by atoms with van der Waals surface area (Å²) in [5, 5.41) is 0. The Balaban J connectivity index is 2.24. The van der Waals surface area contributed by atoms with Gasteiger partial charge in [-0.2, -0.15) is 0 Å². The van der Waals surface area contributed by atoms with Crippen LogP contribution in [0.15, 0.2) is 47.4 Å². The molecule has 1 N–H and O–H groups in total. The number of ether oxygens (including phenoxy) is 3. The van der Waals surface area contributed by atoms with Crippen molar-refractivity contribution in [2.75, 3.05) is 20.8 Å². The number of methoxy groups -OCH3 is 2. The van der Waals surface area contributed by atoms with Gasteiger partial charge in [0.25, 0.3) is 0 Å². The van der Waals surface area contributed by atoms with E-state index in [1.807, 2.05) is 0 Å². The molecule has 2 rings (SSSR count). The second kappa shape index (κ2) is 8.88. The molecule has 2 aromatic rings. The zero-order chi connectivity index (χ0) is 20.0. The molecule has 0 radical (unpaired) electrons. The van der Waals surface area contributed by atoms with Crippen LogP contribution in [-0.4, -0.2) is 35.2 Å². The van der Waals surface area contributed by atoms with Crippen LogP contribution in [0, 0.1) is 0 Å². The van der Waals surface area contributed by atoms with Crippen LogP contribution in [0.4, 0.5) is 0 Å². The molecular formula is C19H23NO6S. The van der Waals surface area contributed by atoms with Crippen molar-refractivity contribution in [3.63, 3.8) is 0 Å². The number of hydrogen-bond acceptors (Lipinski definition) is 6. The number of esters is 1. The molecule has 0 amide bonds. The van der Waals surface area contributed by atoms with Crippen molar-refractivity contribution in [2.45, 2.75) is 24.8 Å². The Bertz CT molecular complexity index is 893. The molecule has 0 saturated carbocycles. The van der Waals surface area contributed by atoms with Crippen molar-refractivity contribution in [1.82, 2.24) is 4.72 Å². The predicted octanol–water partition coefficient (Wildman–Crippen LogP) is 2.92. The molecule has 0 bridgehead atoms. The highest BCUT2D eigenvalue weighted by molar-refractivity contribution is 7.89. The monoisotopic (exact) mass is 393 g/mol. The number of benzene rings is 2. The fourth-order valence-electron chi connectivity index (χ4n) is 2.53. The van der Waals surface area contributed by atoms with Gasteiger partial charge in [0, 0.05) is 11.6 Å². The van der Waals surface area contributed by atoms with Crippen LogP contribution in [0.2, 0.25) is 0 Å². The maximum atomic E-state index is 12.7. The summed E-state index contributed by atoms with van der Waals surface area (Å²) in [6.45, 7) is 3.66. The lowest BCUT2D eigenvalue weighted by molar-refractivity contribution is 0.0526. The number of rotatable bonds is 8. The summed E-state index contributed by atoms with van der Waals surface area (Å²) in [6, 6.07) is 10.2. The van der Waals surface area contributed by atoms with E-state index in [1.165, 1.54) is 38.5 Å². The zero-order valence-electron chi connectivity index (χ0n) is 15.7. The Morgan fingerprint density at radius 3 is 2.30 bits per heavy atom. The highest BCUT2D eigenvalue weighted by Gasteiger charge is 2.21. The first kappa shape index (κ1) is 20.7. The summed E-state index contributed by atoms with van der Waals surface area (Å²) < 4.78 is 43.4. The van der Waals surface area contributed by atoms with Crippen LogP contribution in [0.25, 0.3) is 0 Å². The molecule has 0 fully saturated rings. The summed E-state index contributed by atoms with van der Waals surface area (Å²) in [5.74, 6) is 0.642. The summed E-state index contributed by atoms with van der Waals surface area (Å²) in [6.07, 6.45) is 0. The first-order valence-corrected chi connectivity index (χ1v) is 9.82. The highest BCUT2D eigenvalue weighted by Crippen LogP contribution is 2.30. The molecule has 0 saturated heterocycles. The van der Waals surface area contributed by atoms with Crippen LogP contribution in [0.3, 0.4) is 0 Å². The molecule has 0 aliphatic rings. The minimum atomic E-state index is -3.81. The van der Waals surface area contributed by atoms with Gasteiger partial charge in [-0.15, -0.1) is 0 Å². The van der Waals surface area contributed by atoms with Gasteiger partial charge in [0.1, 0.15) is 11.5 Å². The smallest absolute Gasteiger partial charge is 0.338 e. The molecule has 2 aromatic carbocycles. The lowest BCUT2D eigenvalue weighted by Gasteiger charge is -2.18. The lowest BCUT2D eigenvalue weighted by Crippen LogP contribution is -2.27. The van der Waals surface area contributed by atoms with E-state index in [9.17, 15) is 13.2 Å². The Kier molecular flexibility index (Phi) is 6.81. The number of sulfonamides is 1. The van der Waals surface area contributed by atoms with Crippen molar-refractivity contribution < 1.29 is 27.4 Å². The van der Waals surface area contributed by atoms with E-state index < -0.39 is 22.0 Å². The van der Waals surface area contributed by atoms with Gasteiger partial charge in [0.05, 0.1) is 31.3 Å². The maximum Gasteiger partial charge on any atom is 0.338 e. The molecule has 0 heterocycles. The predicted molar refractivity (Wildman–Crippen MR) is 101 cm³/mol. The van der Waals surface area contributed by atoms with Crippen molar-refractivity contribution in [3.05, 3.63) is 53.6 Å². The first-order valence-electron chi connectivity index (χ1n) is 8.33. The first-order chi connectivity index (χ1) is 12.8. The summed E-state index contributed by atoms with van der Waals surface area (Å²) in [7, 11) is -0.758. The van der Waals surface area contributed by atoms with Gasteiger partial charge in [-0.05, 0) is 56.3 Å². The van der Waals surface area contributed by atoms with E-state index in [4.69, 9.17) is 14.2 Å². The van der Waals surface area contributed by atoms with Crippen LogP contribution >= 0.6 is 0 Å². The average molecular weight is 393 g/mol. The fourth-order valence-corrected chi connectivity index (χ4v) is 3.75. The molecule has 0 aromatic heterocycles. The second-order valence-electron chi connectivity index (χ2n) is 5.70. The summed E-state index contributed by atoms with van der Waals surface area (Å²) in [4.78, 5) is 11.7. The molecule has 1 atom stereocenters. The normalized spacial score (nSPS) is 12.3. The molecule has 0 spiro atoms. The van der Waals surface area contributed by atoms with Gasteiger partial charge in [-0.3, -0.25) is 0 Å². The van der Waals surface area contributed by atoms with Crippen molar-refractivity contribution in [1.29, 1.82) is 0 Å². The molecule has 0 aliphatic heterocycles. The molecule has 7 nitrogen and oxygen atoms in total. The van der Waals surface area contributed by atoms with Gasteiger partial charge in [-0.25, -0.2) is 17.9 Å². The van der Waals surface area contributed by atoms with E-state index in [0.717, 1.165) is 0 Å². The Morgan fingerprint density at radius 1 is 1.07 bits per heavy atom. The zero-order valence-corrected chi connectivity index (χ0v) is 16.5. The highest BCUT2D eigenvalue weighted by atomic mass is 32.2. The standard InChI is InChI=1S/C19H23NO6S/c1-5-26-19(21)14-6-9-16(10-7-14)27(22,23)20-13(2)17-12-15(24-3)8-11-18(17)25-4/h6-13,20H,5H2,1-4H3/t13-/m1/s1. The molecule has 27 heavy (non-hydrogen) atoms. The summed E-state index contributed by atoms with van der Waals surface area (Å²) in [5.41, 5.74) is 0.932. The SMILES string of the molecule is CCOC(=O)c1ccc(S(=O)(=O)N[C@H](C)c2cc(OC)ccc2OC)cc1. The van der Waals surface area contributed by atoms with Gasteiger partial charge in [0.15, 0.2) is 0 Å². The van der Waals surface area contributed by atoms with Crippen molar-refractivity contribution in [3.8, 4) is 11.5 Å². The van der Waals surface area contributed by atoms with Crippen molar-refractivity contribution >= 4 is 16.0 Å². The fraction of sp³-hybridized carbons (Fsp3) is 0.316. The van der Waals surface area contributed by atoms with E-state index in [1.54, 1.807) is 32.0 Å². The van der Waals surface area contributed by atoms with Crippen LogP contribution in [0.5, 0.6) is 11.5 Å². The van der Waals surface area contributed by atoms with E-state index in [-0.39, 0.29) is 11.5 Å². The molecule has 8 heteroatoms. The lowest BCUT2D eigenvalue weighted by atomic mass is 10.1. The topological polar surface area (TPSA) is 90.9 Å². The Labute approximate surface area is 159 Å². The quantitative estimate of drug-likeness (QED) is 0.694.